The van der Waals surface area contributed by atoms with E-state index in [0.717, 1.165) is 44.3 Å². The second kappa shape index (κ2) is 10.2. The van der Waals surface area contributed by atoms with Crippen LogP contribution in [0.4, 0.5) is 4.79 Å². The molecule has 6 heteroatoms. The number of benzene rings is 4. The van der Waals surface area contributed by atoms with Crippen molar-refractivity contribution in [1.29, 1.82) is 0 Å². The van der Waals surface area contributed by atoms with Crippen molar-refractivity contribution in [1.82, 2.24) is 5.32 Å². The van der Waals surface area contributed by atoms with Gasteiger partial charge in [-0.2, -0.15) is 0 Å². The predicted molar refractivity (Wildman–Crippen MR) is 148 cm³/mol. The highest BCUT2D eigenvalue weighted by Gasteiger charge is 2.30. The summed E-state index contributed by atoms with van der Waals surface area (Å²) in [5.74, 6) is -0.435. The topological polar surface area (TPSA) is 84.9 Å². The molecule has 1 atom stereocenters. The fraction of sp³-hybridized carbons (Fsp3) is 0.250. The van der Waals surface area contributed by atoms with Gasteiger partial charge >= 0.3 is 12.1 Å². The molecule has 0 bridgehead atoms. The van der Waals surface area contributed by atoms with Gasteiger partial charge in [-0.3, -0.25) is 0 Å². The molecule has 6 nitrogen and oxygen atoms in total. The van der Waals surface area contributed by atoms with Crippen molar-refractivity contribution in [3.63, 3.8) is 0 Å². The maximum atomic E-state index is 12.7. The van der Waals surface area contributed by atoms with Gasteiger partial charge in [0.2, 0.25) is 0 Å². The number of ether oxygens (including phenoxy) is 2. The van der Waals surface area contributed by atoms with Gasteiger partial charge in [0.05, 0.1) is 0 Å². The number of carboxylic acid groups (broad SMARTS) is 1. The second-order valence-corrected chi connectivity index (χ2v) is 10.6. The molecule has 0 aromatic heterocycles. The quantitative estimate of drug-likeness (QED) is 0.295. The summed E-state index contributed by atoms with van der Waals surface area (Å²) in [6, 6.07) is 26.6. The molecule has 0 spiro atoms. The van der Waals surface area contributed by atoms with E-state index in [9.17, 15) is 14.7 Å². The molecule has 1 aliphatic rings. The van der Waals surface area contributed by atoms with E-state index >= 15 is 0 Å². The molecule has 0 saturated heterocycles. The first-order chi connectivity index (χ1) is 18.2. The van der Waals surface area contributed by atoms with Crippen LogP contribution in [0.1, 0.15) is 43.4 Å². The highest BCUT2D eigenvalue weighted by Crippen LogP contribution is 2.44. The average Bonchev–Trinajstić information content (AvgIpc) is 3.20. The molecule has 1 aliphatic carbocycles. The first-order valence-corrected chi connectivity index (χ1v) is 12.7. The number of carbonyl (C=O) groups excluding carboxylic acids is 1. The minimum atomic E-state index is -1.12. The van der Waals surface area contributed by atoms with Crippen molar-refractivity contribution in [2.75, 3.05) is 6.61 Å². The van der Waals surface area contributed by atoms with E-state index in [1.54, 1.807) is 0 Å². The maximum absolute atomic E-state index is 12.7. The number of aliphatic carboxylic acids is 1. The highest BCUT2D eigenvalue weighted by atomic mass is 16.5. The van der Waals surface area contributed by atoms with Gasteiger partial charge < -0.3 is 19.9 Å². The molecule has 1 amide bonds. The zero-order valence-corrected chi connectivity index (χ0v) is 21.7. The van der Waals surface area contributed by atoms with Crippen molar-refractivity contribution in [2.45, 2.75) is 44.8 Å². The van der Waals surface area contributed by atoms with Crippen LogP contribution in [-0.2, 0) is 16.0 Å². The Bertz CT molecular complexity index is 1460. The monoisotopic (exact) mass is 509 g/mol. The molecule has 0 fully saturated rings. The Morgan fingerprint density at radius 1 is 0.868 bits per heavy atom. The average molecular weight is 510 g/mol. The summed E-state index contributed by atoms with van der Waals surface area (Å²) in [6.45, 7) is 6.11. The molecule has 194 valence electrons. The summed E-state index contributed by atoms with van der Waals surface area (Å²) in [5.41, 5.74) is 4.97. The van der Waals surface area contributed by atoms with Crippen LogP contribution in [0.15, 0.2) is 84.9 Å². The van der Waals surface area contributed by atoms with E-state index in [2.05, 4.69) is 17.4 Å². The van der Waals surface area contributed by atoms with Crippen molar-refractivity contribution in [2.24, 2.45) is 0 Å². The number of hydrogen-bond acceptors (Lipinski definition) is 4. The molecule has 38 heavy (non-hydrogen) atoms. The minimum absolute atomic E-state index is 0.0935. The highest BCUT2D eigenvalue weighted by molar-refractivity contribution is 5.85. The molecule has 0 aliphatic heterocycles. The molecule has 5 rings (SSSR count). The van der Waals surface area contributed by atoms with Crippen LogP contribution >= 0.6 is 0 Å². The van der Waals surface area contributed by atoms with Gasteiger partial charge in [0, 0.05) is 12.3 Å². The molecule has 0 heterocycles. The molecule has 2 N–H and O–H groups in total. The SMILES string of the molecule is CC(C)(C)Oc1ccc2cc(C[C@@H](NC(=O)OCC3c4ccccc4-c4ccccc43)C(=O)O)ccc2c1. The Morgan fingerprint density at radius 3 is 2.11 bits per heavy atom. The Morgan fingerprint density at radius 2 is 1.47 bits per heavy atom. The predicted octanol–water partition coefficient (Wildman–Crippen LogP) is 6.55. The number of alkyl carbamates (subject to hydrolysis) is 1. The van der Waals surface area contributed by atoms with Crippen molar-refractivity contribution < 1.29 is 24.2 Å². The minimum Gasteiger partial charge on any atom is -0.488 e. The summed E-state index contributed by atoms with van der Waals surface area (Å²) in [4.78, 5) is 24.7. The van der Waals surface area contributed by atoms with Crippen LogP contribution in [0, 0.1) is 0 Å². The number of rotatable bonds is 7. The largest absolute Gasteiger partial charge is 0.488 e. The second-order valence-electron chi connectivity index (χ2n) is 10.6. The summed E-state index contributed by atoms with van der Waals surface area (Å²) < 4.78 is 11.5. The van der Waals surface area contributed by atoms with Gasteiger partial charge in [0.15, 0.2) is 0 Å². The Kier molecular flexibility index (Phi) is 6.81. The van der Waals surface area contributed by atoms with Crippen molar-refractivity contribution in [3.8, 4) is 16.9 Å². The van der Waals surface area contributed by atoms with E-state index in [4.69, 9.17) is 9.47 Å². The van der Waals surface area contributed by atoms with E-state index in [-0.39, 0.29) is 24.5 Å². The van der Waals surface area contributed by atoms with Gasteiger partial charge in [-0.05, 0) is 71.5 Å². The molecule has 0 unspecified atom stereocenters. The number of hydrogen-bond donors (Lipinski definition) is 2. The molecule has 4 aromatic carbocycles. The third kappa shape index (κ3) is 5.49. The number of carboxylic acids is 1. The molecule has 0 saturated carbocycles. The zero-order valence-electron chi connectivity index (χ0n) is 21.7. The van der Waals surface area contributed by atoms with Crippen molar-refractivity contribution >= 4 is 22.8 Å². The molecular weight excluding hydrogens is 478 g/mol. The van der Waals surface area contributed by atoms with Gasteiger partial charge in [0.25, 0.3) is 0 Å². The van der Waals surface area contributed by atoms with E-state index in [1.165, 1.54) is 0 Å². The lowest BCUT2D eigenvalue weighted by atomic mass is 9.98. The van der Waals surface area contributed by atoms with Gasteiger partial charge in [-0.15, -0.1) is 0 Å². The fourth-order valence-corrected chi connectivity index (χ4v) is 5.04. The first kappa shape index (κ1) is 25.3. The summed E-state index contributed by atoms with van der Waals surface area (Å²) >= 11 is 0. The van der Waals surface area contributed by atoms with Crippen LogP contribution < -0.4 is 10.1 Å². The van der Waals surface area contributed by atoms with Crippen LogP contribution in [0.5, 0.6) is 5.75 Å². The van der Waals surface area contributed by atoms with E-state index < -0.39 is 18.1 Å². The van der Waals surface area contributed by atoms with Gasteiger partial charge in [-0.25, -0.2) is 9.59 Å². The third-order valence-electron chi connectivity index (χ3n) is 6.67. The molecular formula is C32H31NO5. The molecule has 0 radical (unpaired) electrons. The van der Waals surface area contributed by atoms with E-state index in [0.29, 0.717) is 0 Å². The summed E-state index contributed by atoms with van der Waals surface area (Å²) in [6.07, 6.45) is -0.612. The number of nitrogens with one attached hydrogen (secondary N) is 1. The Hall–Kier alpha value is -4.32. The maximum Gasteiger partial charge on any atom is 0.407 e. The Balaban J connectivity index is 1.25. The standard InChI is InChI=1S/C32H31NO5/c1-32(2,3)38-23-15-14-21-16-20(12-13-22(21)18-23)17-29(30(34)35)33-31(36)37-19-28-26-10-6-4-8-24(26)25-9-5-7-11-27(25)28/h4-16,18,28-29H,17,19H2,1-3H3,(H,33,36)(H,34,35)/t29-/m1/s1. The smallest absolute Gasteiger partial charge is 0.407 e. The van der Waals surface area contributed by atoms with Gasteiger partial charge in [-0.1, -0.05) is 72.8 Å². The lowest BCUT2D eigenvalue weighted by Crippen LogP contribution is -2.42. The molecule has 4 aromatic rings. The van der Waals surface area contributed by atoms with Gasteiger partial charge in [0.1, 0.15) is 24.0 Å². The zero-order chi connectivity index (χ0) is 26.9. The fourth-order valence-electron chi connectivity index (χ4n) is 5.04. The summed E-state index contributed by atoms with van der Waals surface area (Å²) in [5, 5.41) is 14.3. The normalized spacial score (nSPS) is 13.4. The van der Waals surface area contributed by atoms with Crippen LogP contribution in [0.25, 0.3) is 21.9 Å². The number of fused-ring (bicyclic) bond motifs is 4. The van der Waals surface area contributed by atoms with Crippen LogP contribution in [-0.4, -0.2) is 35.4 Å². The lowest BCUT2D eigenvalue weighted by Gasteiger charge is -2.21. The number of amides is 1. The third-order valence-corrected chi connectivity index (χ3v) is 6.67. The van der Waals surface area contributed by atoms with Crippen LogP contribution in [0.3, 0.4) is 0 Å². The first-order valence-electron chi connectivity index (χ1n) is 12.7. The Labute approximate surface area is 222 Å². The van der Waals surface area contributed by atoms with Crippen LogP contribution in [0.2, 0.25) is 0 Å². The lowest BCUT2D eigenvalue weighted by molar-refractivity contribution is -0.139. The summed E-state index contributed by atoms with van der Waals surface area (Å²) in [7, 11) is 0. The number of carbonyl (C=O) groups is 2. The van der Waals surface area contributed by atoms with E-state index in [1.807, 2.05) is 93.6 Å². The van der Waals surface area contributed by atoms with Crippen molar-refractivity contribution in [3.05, 3.63) is 102 Å².